The van der Waals surface area contributed by atoms with E-state index in [1.807, 2.05) is 6.07 Å². The summed E-state index contributed by atoms with van der Waals surface area (Å²) in [6, 6.07) is 3.62. The predicted octanol–water partition coefficient (Wildman–Crippen LogP) is 1.09. The van der Waals surface area contributed by atoms with Crippen LogP contribution in [0.15, 0.2) is 27.3 Å². The molecule has 1 saturated heterocycles. The van der Waals surface area contributed by atoms with E-state index in [1.54, 1.807) is 12.3 Å². The van der Waals surface area contributed by atoms with Gasteiger partial charge in [-0.1, -0.05) is 5.16 Å². The molecular formula is C14H20N4O3. The summed E-state index contributed by atoms with van der Waals surface area (Å²) < 4.78 is 16.3. The summed E-state index contributed by atoms with van der Waals surface area (Å²) in [6.45, 7) is 4.04. The number of hydrogen-bond acceptors (Lipinski definition) is 7. The summed E-state index contributed by atoms with van der Waals surface area (Å²) in [5, 5.41) is 3.95. The molecule has 3 heterocycles. The number of morpholine rings is 1. The van der Waals surface area contributed by atoms with E-state index in [9.17, 15) is 0 Å². The Morgan fingerprint density at radius 3 is 3.10 bits per heavy atom. The third-order valence-electron chi connectivity index (χ3n) is 3.36. The molecule has 1 unspecified atom stereocenters. The van der Waals surface area contributed by atoms with Crippen molar-refractivity contribution in [3.8, 4) is 11.6 Å². The molecule has 21 heavy (non-hydrogen) atoms. The van der Waals surface area contributed by atoms with Crippen molar-refractivity contribution in [2.45, 2.75) is 12.6 Å². The molecule has 0 aliphatic carbocycles. The smallest absolute Gasteiger partial charge is 0.241 e. The fourth-order valence-corrected chi connectivity index (χ4v) is 2.46. The fourth-order valence-electron chi connectivity index (χ4n) is 2.46. The molecule has 114 valence electrons. The molecule has 0 radical (unpaired) electrons. The lowest BCUT2D eigenvalue weighted by atomic mass is 10.2. The first-order valence-corrected chi connectivity index (χ1v) is 7.06. The van der Waals surface area contributed by atoms with Crippen LogP contribution >= 0.6 is 0 Å². The Kier molecular flexibility index (Phi) is 4.33. The number of likely N-dealkylation sites (N-methyl/N-ethyl adjacent to an activating group) is 1. The van der Waals surface area contributed by atoms with E-state index >= 15 is 0 Å². The third-order valence-corrected chi connectivity index (χ3v) is 3.36. The first-order valence-electron chi connectivity index (χ1n) is 7.06. The van der Waals surface area contributed by atoms with Crippen LogP contribution in [0.3, 0.4) is 0 Å². The molecule has 0 saturated carbocycles. The van der Waals surface area contributed by atoms with Crippen LogP contribution in [0, 0.1) is 0 Å². The largest absolute Gasteiger partial charge is 0.461 e. The van der Waals surface area contributed by atoms with Crippen LogP contribution in [0.25, 0.3) is 11.6 Å². The molecule has 2 aromatic heterocycles. The summed E-state index contributed by atoms with van der Waals surface area (Å²) >= 11 is 0. The van der Waals surface area contributed by atoms with Gasteiger partial charge in [0, 0.05) is 19.6 Å². The average Bonchev–Trinajstić information content (AvgIpc) is 3.08. The van der Waals surface area contributed by atoms with Gasteiger partial charge in [-0.2, -0.15) is 4.98 Å². The van der Waals surface area contributed by atoms with Crippen molar-refractivity contribution in [3.63, 3.8) is 0 Å². The summed E-state index contributed by atoms with van der Waals surface area (Å²) in [5.74, 6) is 1.72. The van der Waals surface area contributed by atoms with Crippen LogP contribution < -0.4 is 0 Å². The Morgan fingerprint density at radius 2 is 2.33 bits per heavy atom. The van der Waals surface area contributed by atoms with Crippen molar-refractivity contribution in [2.75, 3.05) is 40.3 Å². The minimum absolute atomic E-state index is 0.223. The van der Waals surface area contributed by atoms with E-state index in [4.69, 9.17) is 13.7 Å². The topological polar surface area (TPSA) is 67.8 Å². The van der Waals surface area contributed by atoms with E-state index in [1.165, 1.54) is 0 Å². The van der Waals surface area contributed by atoms with Crippen molar-refractivity contribution >= 4 is 0 Å². The second-order valence-electron chi connectivity index (χ2n) is 5.48. The van der Waals surface area contributed by atoms with Crippen molar-refractivity contribution in [3.05, 3.63) is 24.3 Å². The van der Waals surface area contributed by atoms with Gasteiger partial charge in [0.05, 0.1) is 25.5 Å². The first kappa shape index (κ1) is 14.2. The van der Waals surface area contributed by atoms with Crippen LogP contribution in [0.5, 0.6) is 0 Å². The monoisotopic (exact) mass is 292 g/mol. The Labute approximate surface area is 123 Å². The number of furan rings is 1. The minimum atomic E-state index is 0.223. The zero-order chi connectivity index (χ0) is 14.7. The van der Waals surface area contributed by atoms with Crippen molar-refractivity contribution < 1.29 is 13.7 Å². The van der Waals surface area contributed by atoms with Crippen LogP contribution in [0.1, 0.15) is 5.89 Å². The molecule has 1 aliphatic heterocycles. The van der Waals surface area contributed by atoms with Gasteiger partial charge in [-0.15, -0.1) is 0 Å². The van der Waals surface area contributed by atoms with Crippen LogP contribution in [-0.2, 0) is 11.3 Å². The van der Waals surface area contributed by atoms with Gasteiger partial charge in [0.25, 0.3) is 0 Å². The summed E-state index contributed by atoms with van der Waals surface area (Å²) in [5.41, 5.74) is 0. The molecule has 3 rings (SSSR count). The molecular weight excluding hydrogens is 272 g/mol. The molecule has 0 N–H and O–H groups in total. The molecule has 0 aromatic carbocycles. The second kappa shape index (κ2) is 6.38. The standard InChI is InChI=1S/C14H20N4O3/c1-17(2)8-11-9-18(5-7-19-11)10-13-15-14(16-21-13)12-4-3-6-20-12/h3-4,6,11H,5,7-10H2,1-2H3. The zero-order valence-corrected chi connectivity index (χ0v) is 12.4. The van der Waals surface area contributed by atoms with Crippen LogP contribution in [0.2, 0.25) is 0 Å². The van der Waals surface area contributed by atoms with Gasteiger partial charge in [-0.3, -0.25) is 4.90 Å². The van der Waals surface area contributed by atoms with Crippen molar-refractivity contribution in [2.24, 2.45) is 0 Å². The summed E-state index contributed by atoms with van der Waals surface area (Å²) in [7, 11) is 4.10. The van der Waals surface area contributed by atoms with Gasteiger partial charge in [0.2, 0.25) is 11.7 Å². The lowest BCUT2D eigenvalue weighted by Gasteiger charge is -2.33. The molecule has 7 heteroatoms. The number of aromatic nitrogens is 2. The van der Waals surface area contributed by atoms with E-state index in [2.05, 4.69) is 34.0 Å². The second-order valence-corrected chi connectivity index (χ2v) is 5.48. The van der Waals surface area contributed by atoms with Crippen LogP contribution in [-0.4, -0.2) is 66.4 Å². The highest BCUT2D eigenvalue weighted by Crippen LogP contribution is 2.17. The maximum Gasteiger partial charge on any atom is 0.241 e. The molecule has 0 bridgehead atoms. The Morgan fingerprint density at radius 1 is 1.43 bits per heavy atom. The molecule has 2 aromatic rings. The lowest BCUT2D eigenvalue weighted by Crippen LogP contribution is -2.46. The molecule has 0 spiro atoms. The van der Waals surface area contributed by atoms with Gasteiger partial charge in [0.1, 0.15) is 0 Å². The number of ether oxygens (including phenoxy) is 1. The molecule has 1 aliphatic rings. The molecule has 0 amide bonds. The summed E-state index contributed by atoms with van der Waals surface area (Å²) in [6.07, 6.45) is 1.82. The number of hydrogen-bond donors (Lipinski definition) is 0. The maximum absolute atomic E-state index is 5.76. The average molecular weight is 292 g/mol. The zero-order valence-electron chi connectivity index (χ0n) is 12.4. The van der Waals surface area contributed by atoms with Gasteiger partial charge in [-0.25, -0.2) is 0 Å². The molecule has 1 fully saturated rings. The molecule has 7 nitrogen and oxygen atoms in total. The normalized spacial score (nSPS) is 20.2. The van der Waals surface area contributed by atoms with Gasteiger partial charge >= 0.3 is 0 Å². The number of rotatable bonds is 5. The van der Waals surface area contributed by atoms with E-state index in [-0.39, 0.29) is 6.10 Å². The Hall–Kier alpha value is -1.70. The highest BCUT2D eigenvalue weighted by atomic mass is 16.5. The SMILES string of the molecule is CN(C)CC1CN(Cc2nc(-c3ccco3)no2)CCO1. The van der Waals surface area contributed by atoms with Gasteiger partial charge in [-0.05, 0) is 26.2 Å². The predicted molar refractivity (Wildman–Crippen MR) is 75.6 cm³/mol. The Balaban J connectivity index is 1.59. The van der Waals surface area contributed by atoms with E-state index in [0.29, 0.717) is 24.0 Å². The lowest BCUT2D eigenvalue weighted by molar-refractivity contribution is -0.0430. The quantitative estimate of drug-likeness (QED) is 0.817. The highest BCUT2D eigenvalue weighted by Gasteiger charge is 2.23. The number of nitrogens with zero attached hydrogens (tertiary/aromatic N) is 4. The van der Waals surface area contributed by atoms with E-state index in [0.717, 1.165) is 26.2 Å². The van der Waals surface area contributed by atoms with Crippen molar-refractivity contribution in [1.82, 2.24) is 19.9 Å². The fraction of sp³-hybridized carbons (Fsp3) is 0.571. The molecule has 1 atom stereocenters. The van der Waals surface area contributed by atoms with E-state index < -0.39 is 0 Å². The minimum Gasteiger partial charge on any atom is -0.461 e. The van der Waals surface area contributed by atoms with Gasteiger partial charge in [0.15, 0.2) is 5.76 Å². The van der Waals surface area contributed by atoms with Crippen molar-refractivity contribution in [1.29, 1.82) is 0 Å². The van der Waals surface area contributed by atoms with Gasteiger partial charge < -0.3 is 18.6 Å². The van der Waals surface area contributed by atoms with Crippen LogP contribution in [0.4, 0.5) is 0 Å². The summed E-state index contributed by atoms with van der Waals surface area (Å²) in [4.78, 5) is 8.78. The Bertz CT molecular complexity index is 552. The highest BCUT2D eigenvalue weighted by molar-refractivity contribution is 5.44. The first-order chi connectivity index (χ1) is 10.2. The third kappa shape index (κ3) is 3.69. The maximum atomic E-state index is 5.76.